The number of ether oxygens (including phenoxy) is 1. The molecule has 10 nitrogen and oxygen atoms in total. The van der Waals surface area contributed by atoms with Gasteiger partial charge in [-0.2, -0.15) is 9.61 Å². The van der Waals surface area contributed by atoms with Crippen LogP contribution in [0.25, 0.3) is 27.9 Å². The summed E-state index contributed by atoms with van der Waals surface area (Å²) in [6.07, 6.45) is 9.56. The smallest absolute Gasteiger partial charge is 0.256 e. The summed E-state index contributed by atoms with van der Waals surface area (Å²) >= 11 is 0. The largest absolute Gasteiger partial charge is 0.396 e. The number of aryl methyl sites for hydroxylation is 1. The number of hydrogen-bond donors (Lipinski definition) is 3. The van der Waals surface area contributed by atoms with Gasteiger partial charge in [0.25, 0.3) is 5.91 Å². The zero-order chi connectivity index (χ0) is 24.9. The Kier molecular flexibility index (Phi) is 7.57. The van der Waals surface area contributed by atoms with Crippen LogP contribution in [0.2, 0.25) is 0 Å². The van der Waals surface area contributed by atoms with E-state index in [1.54, 1.807) is 20.2 Å². The molecular formula is C24H30FN7O3. The van der Waals surface area contributed by atoms with E-state index in [2.05, 4.69) is 25.7 Å². The summed E-state index contributed by atoms with van der Waals surface area (Å²) in [5, 5.41) is 19.6. The first-order valence-electron chi connectivity index (χ1n) is 11.6. The Morgan fingerprint density at radius 2 is 2.06 bits per heavy atom. The van der Waals surface area contributed by atoms with Crippen LogP contribution in [0.15, 0.2) is 30.7 Å². The minimum absolute atomic E-state index is 0.0373. The Bertz CT molecular complexity index is 1330. The van der Waals surface area contributed by atoms with Gasteiger partial charge in [0.1, 0.15) is 22.8 Å². The van der Waals surface area contributed by atoms with Crippen LogP contribution in [-0.2, 0) is 11.3 Å². The normalized spacial score (nSPS) is 13.4. The molecule has 11 heteroatoms. The summed E-state index contributed by atoms with van der Waals surface area (Å²) in [6.45, 7) is 0.568. The third kappa shape index (κ3) is 4.96. The topological polar surface area (TPSA) is 119 Å². The third-order valence-corrected chi connectivity index (χ3v) is 6.10. The van der Waals surface area contributed by atoms with Crippen molar-refractivity contribution in [2.45, 2.75) is 38.3 Å². The molecule has 0 aliphatic heterocycles. The lowest BCUT2D eigenvalue weighted by molar-refractivity contribution is 0.0412. The fourth-order valence-corrected chi connectivity index (χ4v) is 3.94. The minimum Gasteiger partial charge on any atom is -0.396 e. The fraction of sp³-hybridized carbons (Fsp3) is 0.417. The number of amides is 1. The number of nitrogens with zero attached hydrogens (tertiary/aromatic N) is 5. The average molecular weight is 484 g/mol. The Morgan fingerprint density at radius 3 is 2.66 bits per heavy atom. The molecule has 1 amide bonds. The summed E-state index contributed by atoms with van der Waals surface area (Å²) in [7, 11) is 5.06. The summed E-state index contributed by atoms with van der Waals surface area (Å²) in [5.41, 5.74) is 2.54. The highest BCUT2D eigenvalue weighted by atomic mass is 19.1. The van der Waals surface area contributed by atoms with E-state index >= 15 is 0 Å². The lowest BCUT2D eigenvalue weighted by atomic mass is 9.96. The molecule has 4 aromatic rings. The summed E-state index contributed by atoms with van der Waals surface area (Å²) in [6, 6.07) is 3.19. The summed E-state index contributed by atoms with van der Waals surface area (Å²) < 4.78 is 22.3. The van der Waals surface area contributed by atoms with Crippen molar-refractivity contribution in [3.05, 3.63) is 42.1 Å². The van der Waals surface area contributed by atoms with Crippen molar-refractivity contribution in [3.63, 3.8) is 0 Å². The van der Waals surface area contributed by atoms with Gasteiger partial charge in [-0.05, 0) is 31.7 Å². The van der Waals surface area contributed by atoms with Crippen LogP contribution in [0, 0.1) is 5.82 Å². The van der Waals surface area contributed by atoms with E-state index in [1.807, 2.05) is 10.8 Å². The van der Waals surface area contributed by atoms with Crippen molar-refractivity contribution < 1.29 is 19.0 Å². The van der Waals surface area contributed by atoms with Crippen molar-refractivity contribution in [2.24, 2.45) is 0 Å². The molecule has 0 radical (unpaired) electrons. The number of fused-ring (bicyclic) bond motifs is 2. The Morgan fingerprint density at radius 1 is 1.26 bits per heavy atom. The summed E-state index contributed by atoms with van der Waals surface area (Å²) in [5.74, 6) is -0.130. The average Bonchev–Trinajstić information content (AvgIpc) is 3.42. The fourth-order valence-electron chi connectivity index (χ4n) is 3.94. The highest BCUT2D eigenvalue weighted by Gasteiger charge is 2.19. The molecule has 1 aliphatic carbocycles. The van der Waals surface area contributed by atoms with E-state index in [9.17, 15) is 14.3 Å². The van der Waals surface area contributed by atoms with E-state index in [0.717, 1.165) is 6.20 Å². The minimum atomic E-state index is -0.455. The molecule has 4 aromatic heterocycles. The number of rotatable bonds is 7. The molecule has 0 aromatic carbocycles. The van der Waals surface area contributed by atoms with Crippen molar-refractivity contribution in [3.8, 4) is 11.3 Å². The molecule has 4 heterocycles. The zero-order valence-electron chi connectivity index (χ0n) is 20.1. The van der Waals surface area contributed by atoms with Crippen molar-refractivity contribution in [1.29, 1.82) is 0 Å². The summed E-state index contributed by atoms with van der Waals surface area (Å²) in [4.78, 5) is 21.1. The van der Waals surface area contributed by atoms with E-state index in [4.69, 9.17) is 4.74 Å². The number of aliphatic hydroxyl groups is 1. The lowest BCUT2D eigenvalue weighted by Gasteiger charge is -2.22. The number of aromatic nitrogens is 5. The van der Waals surface area contributed by atoms with Gasteiger partial charge in [0.2, 0.25) is 0 Å². The van der Waals surface area contributed by atoms with Crippen LogP contribution in [-0.4, -0.2) is 69.1 Å². The van der Waals surface area contributed by atoms with Gasteiger partial charge in [0, 0.05) is 57.6 Å². The molecule has 1 aliphatic rings. The number of anilines is 1. The van der Waals surface area contributed by atoms with E-state index in [0.29, 0.717) is 58.4 Å². The maximum Gasteiger partial charge on any atom is 0.256 e. The SMILES string of the molecule is CNC(=O)c1cnn2c(NC)cc(-c3cn(CCCO)c4ncc(F)cc34)nc12.COC1CCC1. The van der Waals surface area contributed by atoms with E-state index in [-0.39, 0.29) is 12.5 Å². The molecule has 0 spiro atoms. The zero-order valence-corrected chi connectivity index (χ0v) is 20.1. The van der Waals surface area contributed by atoms with E-state index in [1.165, 1.54) is 43.1 Å². The maximum absolute atomic E-state index is 13.9. The van der Waals surface area contributed by atoms with Crippen molar-refractivity contribution in [2.75, 3.05) is 33.1 Å². The van der Waals surface area contributed by atoms with Gasteiger partial charge >= 0.3 is 0 Å². The monoisotopic (exact) mass is 483 g/mol. The molecule has 35 heavy (non-hydrogen) atoms. The number of hydrogen-bond acceptors (Lipinski definition) is 7. The molecule has 186 valence electrons. The molecule has 0 atom stereocenters. The number of aliphatic hydroxyl groups excluding tert-OH is 1. The van der Waals surface area contributed by atoms with Gasteiger partial charge in [-0.3, -0.25) is 4.79 Å². The Labute approximate surface area is 202 Å². The third-order valence-electron chi connectivity index (χ3n) is 6.10. The van der Waals surface area contributed by atoms with Crippen LogP contribution < -0.4 is 10.6 Å². The number of halogens is 1. The van der Waals surface area contributed by atoms with Crippen molar-refractivity contribution in [1.82, 2.24) is 29.5 Å². The molecule has 1 saturated carbocycles. The van der Waals surface area contributed by atoms with Gasteiger partial charge in [0.15, 0.2) is 5.65 Å². The first kappa shape index (κ1) is 24.6. The molecule has 0 unspecified atom stereocenters. The van der Waals surface area contributed by atoms with Crippen molar-refractivity contribution >= 4 is 28.4 Å². The quantitative estimate of drug-likeness (QED) is 0.370. The van der Waals surface area contributed by atoms with Gasteiger partial charge in [0.05, 0.1) is 24.2 Å². The predicted octanol–water partition coefficient (Wildman–Crippen LogP) is 2.85. The predicted molar refractivity (Wildman–Crippen MR) is 131 cm³/mol. The maximum atomic E-state index is 13.9. The molecule has 0 saturated heterocycles. The van der Waals surface area contributed by atoms with Crippen LogP contribution in [0.4, 0.5) is 10.2 Å². The van der Waals surface area contributed by atoms with Gasteiger partial charge in [-0.15, -0.1) is 0 Å². The van der Waals surface area contributed by atoms with Crippen LogP contribution in [0.5, 0.6) is 0 Å². The number of carbonyl (C=O) groups is 1. The van der Waals surface area contributed by atoms with Gasteiger partial charge in [-0.25, -0.2) is 14.4 Å². The van der Waals surface area contributed by atoms with Crippen LogP contribution in [0.1, 0.15) is 36.0 Å². The molecular weight excluding hydrogens is 453 g/mol. The highest BCUT2D eigenvalue weighted by Crippen LogP contribution is 2.31. The standard InChI is InChI=1S/C19H20FN7O2.C5H10O/c1-21-16-7-15(25-18-13(19(29)22-2)9-24-27(16)18)14-10-26(4-3-5-28)17-12(14)6-11(20)8-23-17;1-6-5-3-2-4-5/h6-10,21,28H,3-5H2,1-2H3,(H,22,29);5H,2-4H2,1H3. The Balaban J connectivity index is 0.000000421. The highest BCUT2D eigenvalue weighted by molar-refractivity contribution is 6.00. The second-order valence-corrected chi connectivity index (χ2v) is 8.28. The molecule has 1 fully saturated rings. The first-order chi connectivity index (χ1) is 17.0. The number of nitrogens with one attached hydrogen (secondary N) is 2. The molecule has 5 rings (SSSR count). The van der Waals surface area contributed by atoms with Gasteiger partial charge < -0.3 is 25.0 Å². The lowest BCUT2D eigenvalue weighted by Crippen LogP contribution is -2.18. The molecule has 0 bridgehead atoms. The Hall–Kier alpha value is -3.57. The van der Waals surface area contributed by atoms with E-state index < -0.39 is 5.82 Å². The number of methoxy groups -OCH3 is 1. The number of carbonyl (C=O) groups excluding carboxylic acids is 1. The second-order valence-electron chi connectivity index (χ2n) is 8.28. The number of pyridine rings is 1. The second kappa shape index (κ2) is 10.8. The van der Waals surface area contributed by atoms with Crippen LogP contribution in [0.3, 0.4) is 0 Å². The van der Waals surface area contributed by atoms with Gasteiger partial charge in [-0.1, -0.05) is 0 Å². The molecule has 3 N–H and O–H groups in total. The first-order valence-corrected chi connectivity index (χ1v) is 11.6. The van der Waals surface area contributed by atoms with Crippen LogP contribution >= 0.6 is 0 Å².